The lowest BCUT2D eigenvalue weighted by Crippen LogP contribution is -2.58. The predicted octanol–water partition coefficient (Wildman–Crippen LogP) is 2.42. The fourth-order valence-corrected chi connectivity index (χ4v) is 4.81. The number of aliphatic carboxylic acids is 1. The summed E-state index contributed by atoms with van der Waals surface area (Å²) in [5, 5.41) is 18.7. The first-order valence-corrected chi connectivity index (χ1v) is 14.8. The molecule has 0 radical (unpaired) electrons. The third kappa shape index (κ3) is 9.58. The molecule has 11 heteroatoms. The average molecular weight is 562 g/mol. The zero-order chi connectivity index (χ0) is 29.1. The van der Waals surface area contributed by atoms with Crippen LogP contribution in [0, 0.1) is 11.8 Å². The lowest BCUT2D eigenvalue weighted by Gasteiger charge is -2.26. The molecule has 5 unspecified atom stereocenters. The number of rotatable bonds is 16. The van der Waals surface area contributed by atoms with Gasteiger partial charge in [0.05, 0.1) is 6.04 Å². The van der Waals surface area contributed by atoms with Crippen molar-refractivity contribution in [2.75, 3.05) is 12.0 Å². The van der Waals surface area contributed by atoms with Gasteiger partial charge in [-0.15, -0.1) is 0 Å². The highest BCUT2D eigenvalue weighted by Crippen LogP contribution is 2.19. The second-order valence-electron chi connectivity index (χ2n) is 10.4. The molecule has 2 rings (SSSR count). The van der Waals surface area contributed by atoms with Crippen molar-refractivity contribution in [1.82, 2.24) is 20.9 Å². The Labute approximate surface area is 234 Å². The molecular formula is C28H43N5O5S. The fraction of sp³-hybridized carbons (Fsp3) is 0.571. The van der Waals surface area contributed by atoms with Gasteiger partial charge in [0.25, 0.3) is 0 Å². The smallest absolute Gasteiger partial charge is 0.326 e. The standard InChI is InChI=1S/C28H43N5O5S/c1-6-17(4)24(28(37)38)33-26(35)22(11-12-39-5)31-27(36)23(32-25(34)20(29)13-16(2)3)14-18-15-30-21-10-8-7-9-19(18)21/h7-10,15-17,20,22-24,30H,6,11-14,29H2,1-5H3,(H,31,36)(H,32,34)(H,33,35)(H,37,38). The second kappa shape index (κ2) is 15.5. The number of carbonyl (C=O) groups excluding carboxylic acids is 3. The first kappa shape index (κ1) is 32.2. The van der Waals surface area contributed by atoms with E-state index in [1.54, 1.807) is 13.1 Å². The van der Waals surface area contributed by atoms with Crippen LogP contribution in [0.25, 0.3) is 10.9 Å². The summed E-state index contributed by atoms with van der Waals surface area (Å²) < 4.78 is 0. The molecule has 1 aromatic heterocycles. The van der Waals surface area contributed by atoms with Crippen molar-refractivity contribution in [3.8, 4) is 0 Å². The Balaban J connectivity index is 2.30. The molecule has 0 aliphatic heterocycles. The number of carboxylic acid groups (broad SMARTS) is 1. The van der Waals surface area contributed by atoms with E-state index in [4.69, 9.17) is 5.73 Å². The molecule has 39 heavy (non-hydrogen) atoms. The van der Waals surface area contributed by atoms with Crippen molar-refractivity contribution in [2.45, 2.75) is 77.5 Å². The number of benzene rings is 1. The molecule has 7 N–H and O–H groups in total. The van der Waals surface area contributed by atoms with Crippen LogP contribution < -0.4 is 21.7 Å². The Morgan fingerprint density at radius 3 is 2.26 bits per heavy atom. The van der Waals surface area contributed by atoms with Crippen molar-refractivity contribution in [3.63, 3.8) is 0 Å². The van der Waals surface area contributed by atoms with Crippen LogP contribution >= 0.6 is 11.8 Å². The SMILES string of the molecule is CCC(C)C(NC(=O)C(CCSC)NC(=O)C(Cc1c[nH]c2ccccc12)NC(=O)C(N)CC(C)C)C(=O)O. The lowest BCUT2D eigenvalue weighted by molar-refractivity contribution is -0.143. The Hall–Kier alpha value is -3.05. The molecule has 216 valence electrons. The number of nitrogens with two attached hydrogens (primary N) is 1. The lowest BCUT2D eigenvalue weighted by atomic mass is 9.98. The predicted molar refractivity (Wildman–Crippen MR) is 155 cm³/mol. The third-order valence-corrected chi connectivity index (χ3v) is 7.46. The van der Waals surface area contributed by atoms with Crippen LogP contribution in [0.15, 0.2) is 30.5 Å². The minimum atomic E-state index is -1.13. The quantitative estimate of drug-likeness (QED) is 0.183. The number of nitrogens with one attached hydrogen (secondary N) is 4. The second-order valence-corrected chi connectivity index (χ2v) is 11.4. The minimum absolute atomic E-state index is 0.178. The molecule has 0 bridgehead atoms. The maximum atomic E-state index is 13.6. The van der Waals surface area contributed by atoms with Gasteiger partial charge in [0.2, 0.25) is 17.7 Å². The molecule has 0 aliphatic rings. The van der Waals surface area contributed by atoms with Crippen molar-refractivity contribution in [3.05, 3.63) is 36.0 Å². The Morgan fingerprint density at radius 1 is 1.00 bits per heavy atom. The van der Waals surface area contributed by atoms with E-state index in [0.717, 1.165) is 16.5 Å². The monoisotopic (exact) mass is 561 g/mol. The molecule has 0 saturated carbocycles. The van der Waals surface area contributed by atoms with E-state index < -0.39 is 47.9 Å². The van der Waals surface area contributed by atoms with Crippen LogP contribution in [0.2, 0.25) is 0 Å². The summed E-state index contributed by atoms with van der Waals surface area (Å²) in [6.45, 7) is 7.52. The maximum Gasteiger partial charge on any atom is 0.326 e. The van der Waals surface area contributed by atoms with Gasteiger partial charge in [-0.05, 0) is 48.3 Å². The number of hydrogen-bond acceptors (Lipinski definition) is 6. The van der Waals surface area contributed by atoms with Crippen molar-refractivity contribution < 1.29 is 24.3 Å². The first-order valence-electron chi connectivity index (χ1n) is 13.4. The van der Waals surface area contributed by atoms with Gasteiger partial charge < -0.3 is 31.8 Å². The molecule has 1 heterocycles. The molecule has 3 amide bonds. The summed E-state index contributed by atoms with van der Waals surface area (Å²) in [6.07, 6.45) is 5.18. The van der Waals surface area contributed by atoms with Crippen LogP contribution in [0.5, 0.6) is 0 Å². The Bertz CT molecular complexity index is 1120. The molecule has 10 nitrogen and oxygen atoms in total. The fourth-order valence-electron chi connectivity index (χ4n) is 4.34. The van der Waals surface area contributed by atoms with E-state index in [1.165, 1.54) is 11.8 Å². The zero-order valence-corrected chi connectivity index (χ0v) is 24.3. The van der Waals surface area contributed by atoms with Crippen molar-refractivity contribution in [1.29, 1.82) is 0 Å². The van der Waals surface area contributed by atoms with Gasteiger partial charge in [0.15, 0.2) is 0 Å². The number of H-pyrrole nitrogens is 1. The number of para-hydroxylation sites is 1. The van der Waals surface area contributed by atoms with E-state index in [1.807, 2.05) is 51.3 Å². The summed E-state index contributed by atoms with van der Waals surface area (Å²) in [5.41, 5.74) is 7.83. The number of carbonyl (C=O) groups is 4. The molecule has 1 aromatic carbocycles. The Kier molecular flexibility index (Phi) is 12.8. The van der Waals surface area contributed by atoms with Crippen molar-refractivity contribution >= 4 is 46.4 Å². The van der Waals surface area contributed by atoms with Gasteiger partial charge in [0, 0.05) is 23.5 Å². The maximum absolute atomic E-state index is 13.6. The minimum Gasteiger partial charge on any atom is -0.480 e. The highest BCUT2D eigenvalue weighted by Gasteiger charge is 2.32. The molecular weight excluding hydrogens is 518 g/mol. The molecule has 0 aliphatic carbocycles. The number of aromatic nitrogens is 1. The normalized spacial score (nSPS) is 15.3. The summed E-state index contributed by atoms with van der Waals surface area (Å²) in [4.78, 5) is 54.7. The zero-order valence-electron chi connectivity index (χ0n) is 23.5. The summed E-state index contributed by atoms with van der Waals surface area (Å²) in [7, 11) is 0. The van der Waals surface area contributed by atoms with E-state index in [0.29, 0.717) is 25.0 Å². The molecule has 2 aromatic rings. The number of amides is 3. The van der Waals surface area contributed by atoms with Gasteiger partial charge in [-0.1, -0.05) is 52.3 Å². The number of carboxylic acids is 1. The molecule has 5 atom stereocenters. The van der Waals surface area contributed by atoms with E-state index in [2.05, 4.69) is 20.9 Å². The van der Waals surface area contributed by atoms with Gasteiger partial charge in [-0.25, -0.2) is 4.79 Å². The number of aromatic amines is 1. The Morgan fingerprint density at radius 2 is 1.64 bits per heavy atom. The van der Waals surface area contributed by atoms with Gasteiger partial charge in [0.1, 0.15) is 18.1 Å². The summed E-state index contributed by atoms with van der Waals surface area (Å²) in [6, 6.07) is 3.81. The van der Waals surface area contributed by atoms with Crippen molar-refractivity contribution in [2.24, 2.45) is 17.6 Å². The van der Waals surface area contributed by atoms with Crippen LogP contribution in [0.3, 0.4) is 0 Å². The van der Waals surface area contributed by atoms with Crippen LogP contribution in [-0.4, -0.2) is 70.0 Å². The van der Waals surface area contributed by atoms with Crippen LogP contribution in [0.4, 0.5) is 0 Å². The third-order valence-electron chi connectivity index (χ3n) is 6.81. The average Bonchev–Trinajstić information content (AvgIpc) is 3.30. The first-order chi connectivity index (χ1) is 18.5. The van der Waals surface area contributed by atoms with Crippen LogP contribution in [-0.2, 0) is 25.6 Å². The summed E-state index contributed by atoms with van der Waals surface area (Å²) >= 11 is 1.51. The number of hydrogen-bond donors (Lipinski definition) is 6. The number of fused-ring (bicyclic) bond motifs is 1. The van der Waals surface area contributed by atoms with Gasteiger partial charge >= 0.3 is 5.97 Å². The van der Waals surface area contributed by atoms with Gasteiger partial charge in [-0.3, -0.25) is 14.4 Å². The van der Waals surface area contributed by atoms with E-state index in [9.17, 15) is 24.3 Å². The molecule has 0 saturated heterocycles. The summed E-state index contributed by atoms with van der Waals surface area (Å²) in [5.74, 6) is -2.22. The molecule has 0 fully saturated rings. The highest BCUT2D eigenvalue weighted by molar-refractivity contribution is 7.98. The van der Waals surface area contributed by atoms with E-state index in [-0.39, 0.29) is 18.3 Å². The van der Waals surface area contributed by atoms with E-state index >= 15 is 0 Å². The largest absolute Gasteiger partial charge is 0.480 e. The molecule has 0 spiro atoms. The number of thioether (sulfide) groups is 1. The topological polar surface area (TPSA) is 166 Å². The van der Waals surface area contributed by atoms with Gasteiger partial charge in [-0.2, -0.15) is 11.8 Å². The van der Waals surface area contributed by atoms with Crippen LogP contribution in [0.1, 0.15) is 52.5 Å². The highest BCUT2D eigenvalue weighted by atomic mass is 32.2.